The minimum atomic E-state index is -4.26. The fourth-order valence-corrected chi connectivity index (χ4v) is 1.57. The Bertz CT molecular complexity index is 178. The first kappa shape index (κ1) is 10.4. The fourth-order valence-electron chi connectivity index (χ4n) is 0.473. The van der Waals surface area contributed by atoms with E-state index in [0.29, 0.717) is 6.42 Å². The van der Waals surface area contributed by atoms with E-state index in [4.69, 9.17) is 0 Å². The van der Waals surface area contributed by atoms with Crippen molar-refractivity contribution in [2.45, 2.75) is 24.6 Å². The minimum Gasteiger partial charge on any atom is -0.195 e. The number of hydrogen-bond donors (Lipinski definition) is 0. The molecule has 0 fully saturated rings. The maximum Gasteiger partial charge on any atom is 0.302 e. The first-order valence-electron chi connectivity index (χ1n) is 3.02. The van der Waals surface area contributed by atoms with Crippen LogP contribution in [0.3, 0.4) is 0 Å². The summed E-state index contributed by atoms with van der Waals surface area (Å²) in [6.07, 6.45) is 1.16. The Balaban J connectivity index is 3.56. The van der Waals surface area contributed by atoms with E-state index in [1.165, 1.54) is 0 Å². The second-order valence-electron chi connectivity index (χ2n) is 2.04. The predicted molar refractivity (Wildman–Crippen MR) is 42.5 cm³/mol. The van der Waals surface area contributed by atoms with Gasteiger partial charge in [0.2, 0.25) is 0 Å². The number of halogens is 2. The molecular formula is C5H10BrFO2S. The molecule has 2 nitrogen and oxygen atoms in total. The summed E-state index contributed by atoms with van der Waals surface area (Å²) < 4.78 is 31.8. The van der Waals surface area contributed by atoms with E-state index in [-0.39, 0.29) is 10.6 Å². The second-order valence-corrected chi connectivity index (χ2v) is 4.82. The van der Waals surface area contributed by atoms with Gasteiger partial charge in [-0.2, -0.15) is 8.42 Å². The smallest absolute Gasteiger partial charge is 0.195 e. The number of hydrogen-bond acceptors (Lipinski definition) is 2. The molecule has 0 radical (unpaired) electrons. The van der Waals surface area contributed by atoms with Gasteiger partial charge in [0.1, 0.15) is 0 Å². The Morgan fingerprint density at radius 1 is 1.60 bits per heavy atom. The van der Waals surface area contributed by atoms with Crippen LogP contribution in [0, 0.1) is 0 Å². The number of alkyl halides is 1. The highest BCUT2D eigenvalue weighted by atomic mass is 79.9. The Labute approximate surface area is 69.2 Å². The van der Waals surface area contributed by atoms with Crippen LogP contribution in [0.1, 0.15) is 19.8 Å². The summed E-state index contributed by atoms with van der Waals surface area (Å²) in [5.74, 6) is -0.378. The van der Waals surface area contributed by atoms with Gasteiger partial charge in [-0.1, -0.05) is 22.9 Å². The van der Waals surface area contributed by atoms with Crippen molar-refractivity contribution >= 4 is 26.2 Å². The first-order valence-corrected chi connectivity index (χ1v) is 5.49. The summed E-state index contributed by atoms with van der Waals surface area (Å²) >= 11 is 3.20. The predicted octanol–water partition coefficient (Wildman–Crippen LogP) is 1.85. The zero-order valence-corrected chi connectivity index (χ0v) is 8.08. The van der Waals surface area contributed by atoms with E-state index in [2.05, 4.69) is 15.9 Å². The molecule has 10 heavy (non-hydrogen) atoms. The molecule has 1 atom stereocenters. The monoisotopic (exact) mass is 232 g/mol. The van der Waals surface area contributed by atoms with Gasteiger partial charge in [-0.3, -0.25) is 0 Å². The van der Waals surface area contributed by atoms with Crippen molar-refractivity contribution in [2.24, 2.45) is 0 Å². The summed E-state index contributed by atoms with van der Waals surface area (Å²) in [6.45, 7) is 1.91. The molecule has 0 aliphatic heterocycles. The Hall–Kier alpha value is 0.360. The molecule has 0 saturated heterocycles. The third-order valence-corrected chi connectivity index (χ3v) is 2.95. The summed E-state index contributed by atoms with van der Waals surface area (Å²) in [7, 11) is -4.26. The van der Waals surface area contributed by atoms with Crippen molar-refractivity contribution in [1.29, 1.82) is 0 Å². The molecule has 0 amide bonds. The minimum absolute atomic E-state index is 0.109. The number of rotatable bonds is 4. The van der Waals surface area contributed by atoms with Crippen molar-refractivity contribution < 1.29 is 12.3 Å². The molecule has 0 N–H and O–H groups in total. The van der Waals surface area contributed by atoms with Crippen LogP contribution in [0.2, 0.25) is 0 Å². The molecule has 0 aliphatic rings. The second kappa shape index (κ2) is 4.28. The van der Waals surface area contributed by atoms with E-state index in [1.807, 2.05) is 6.92 Å². The molecule has 0 spiro atoms. The summed E-state index contributed by atoms with van der Waals surface area (Å²) in [6, 6.07) is 0. The maximum atomic E-state index is 11.8. The molecule has 0 aromatic carbocycles. The van der Waals surface area contributed by atoms with Crippen LogP contribution in [0.4, 0.5) is 3.89 Å². The quantitative estimate of drug-likeness (QED) is 0.548. The van der Waals surface area contributed by atoms with Crippen molar-refractivity contribution in [1.82, 2.24) is 0 Å². The van der Waals surface area contributed by atoms with E-state index in [9.17, 15) is 12.3 Å². The van der Waals surface area contributed by atoms with Gasteiger partial charge in [-0.05, 0) is 12.8 Å². The van der Waals surface area contributed by atoms with Gasteiger partial charge in [0.15, 0.2) is 0 Å². The molecule has 5 heteroatoms. The van der Waals surface area contributed by atoms with Crippen molar-refractivity contribution in [3.63, 3.8) is 0 Å². The largest absolute Gasteiger partial charge is 0.302 e. The highest BCUT2D eigenvalue weighted by Gasteiger charge is 2.09. The standard InChI is InChI=1S/C5H10BrFO2S/c1-2-5(6)3-4-10(7,8)9/h5H,2-4H2,1H3. The first-order chi connectivity index (χ1) is 4.45. The molecule has 0 aromatic rings. The zero-order valence-electron chi connectivity index (χ0n) is 5.68. The van der Waals surface area contributed by atoms with E-state index < -0.39 is 10.2 Å². The molecule has 0 aromatic heterocycles. The average molecular weight is 233 g/mol. The van der Waals surface area contributed by atoms with E-state index in [1.54, 1.807) is 0 Å². The topological polar surface area (TPSA) is 34.1 Å². The average Bonchev–Trinajstić information content (AvgIpc) is 1.81. The summed E-state index contributed by atoms with van der Waals surface area (Å²) in [5, 5.41) is 0. The Morgan fingerprint density at radius 2 is 2.10 bits per heavy atom. The van der Waals surface area contributed by atoms with Crippen molar-refractivity contribution in [2.75, 3.05) is 5.75 Å². The lowest BCUT2D eigenvalue weighted by Crippen LogP contribution is -2.05. The van der Waals surface area contributed by atoms with E-state index >= 15 is 0 Å². The van der Waals surface area contributed by atoms with Gasteiger partial charge in [-0.15, -0.1) is 3.89 Å². The van der Waals surface area contributed by atoms with Crippen LogP contribution in [-0.4, -0.2) is 19.0 Å². The molecule has 0 heterocycles. The third-order valence-electron chi connectivity index (χ3n) is 1.12. The normalized spacial score (nSPS) is 15.1. The summed E-state index contributed by atoms with van der Waals surface area (Å²) in [5.41, 5.74) is 0. The van der Waals surface area contributed by atoms with Crippen LogP contribution in [0.25, 0.3) is 0 Å². The van der Waals surface area contributed by atoms with Crippen molar-refractivity contribution in [3.8, 4) is 0 Å². The Morgan fingerprint density at radius 3 is 2.40 bits per heavy atom. The lowest BCUT2D eigenvalue weighted by Gasteiger charge is -2.01. The molecule has 0 bridgehead atoms. The molecule has 1 unspecified atom stereocenters. The van der Waals surface area contributed by atoms with Gasteiger partial charge in [0, 0.05) is 4.83 Å². The zero-order chi connectivity index (χ0) is 8.20. The summed E-state index contributed by atoms with van der Waals surface area (Å²) in [4.78, 5) is 0.109. The molecule has 0 rings (SSSR count). The van der Waals surface area contributed by atoms with Gasteiger partial charge in [-0.25, -0.2) is 0 Å². The van der Waals surface area contributed by atoms with Crippen molar-refractivity contribution in [3.05, 3.63) is 0 Å². The lowest BCUT2D eigenvalue weighted by molar-refractivity contribution is 0.548. The fraction of sp³-hybridized carbons (Fsp3) is 1.00. The Kier molecular flexibility index (Phi) is 4.44. The van der Waals surface area contributed by atoms with Gasteiger partial charge < -0.3 is 0 Å². The highest BCUT2D eigenvalue weighted by molar-refractivity contribution is 9.09. The third kappa shape index (κ3) is 6.48. The van der Waals surface area contributed by atoms with Gasteiger partial charge in [0.05, 0.1) is 5.75 Å². The SMILES string of the molecule is CCC(Br)CCS(=O)(=O)F. The molecular weight excluding hydrogens is 223 g/mol. The molecule has 0 saturated carbocycles. The van der Waals surface area contributed by atoms with Crippen LogP contribution in [0.15, 0.2) is 0 Å². The molecule has 62 valence electrons. The van der Waals surface area contributed by atoms with Gasteiger partial charge in [0.25, 0.3) is 0 Å². The maximum absolute atomic E-state index is 11.8. The molecule has 0 aliphatic carbocycles. The van der Waals surface area contributed by atoms with Gasteiger partial charge >= 0.3 is 10.2 Å². The van der Waals surface area contributed by atoms with Crippen LogP contribution >= 0.6 is 15.9 Å². The van der Waals surface area contributed by atoms with Crippen LogP contribution < -0.4 is 0 Å². The van der Waals surface area contributed by atoms with Crippen LogP contribution in [0.5, 0.6) is 0 Å². The highest BCUT2D eigenvalue weighted by Crippen LogP contribution is 2.10. The van der Waals surface area contributed by atoms with Crippen LogP contribution in [-0.2, 0) is 10.2 Å². The van der Waals surface area contributed by atoms with E-state index in [0.717, 1.165) is 6.42 Å². The lowest BCUT2D eigenvalue weighted by atomic mass is 10.3.